The highest BCUT2D eigenvalue weighted by molar-refractivity contribution is 5.89. The van der Waals surface area contributed by atoms with E-state index in [9.17, 15) is 35.1 Å². The Hall–Kier alpha value is -5.29. The predicted octanol–water partition coefficient (Wildman–Crippen LogP) is 9.89. The lowest BCUT2D eigenvalue weighted by molar-refractivity contribution is -0.221. The highest BCUT2D eigenvalue weighted by atomic mass is 16.6. The second-order valence-electron chi connectivity index (χ2n) is 24.5. The molecule has 410 valence electrons. The summed E-state index contributed by atoms with van der Waals surface area (Å²) in [4.78, 5) is 43.9. The molecule has 5 aliphatic carbocycles. The summed E-state index contributed by atoms with van der Waals surface area (Å²) in [6.45, 7) is 2.10. The first-order valence-electron chi connectivity index (χ1n) is 29.2. The molecule has 0 radical (unpaired) electrons. The maximum atomic E-state index is 15.7. The number of hydrogen-bond donors (Lipinski definition) is 6. The van der Waals surface area contributed by atoms with Crippen molar-refractivity contribution >= 4 is 23.4 Å². The van der Waals surface area contributed by atoms with E-state index in [4.69, 9.17) is 14.2 Å². The molecule has 8 aliphatic rings. The molecule has 11 unspecified atom stereocenters. The Morgan fingerprint density at radius 2 is 1.62 bits per heavy atom. The number of allylic oxidation sites excluding steroid dienone is 2. The minimum atomic E-state index is -1.65. The molecule has 0 amide bonds. The normalized spacial score (nSPS) is 31.5. The van der Waals surface area contributed by atoms with Crippen molar-refractivity contribution in [2.75, 3.05) is 18.5 Å². The molecule has 0 saturated heterocycles. The Balaban J connectivity index is 1.06. The summed E-state index contributed by atoms with van der Waals surface area (Å²) >= 11 is 0. The van der Waals surface area contributed by atoms with Crippen LogP contribution in [-0.2, 0) is 49.7 Å². The highest BCUT2D eigenvalue weighted by Crippen LogP contribution is 2.58. The molecule has 4 saturated carbocycles. The lowest BCUT2D eigenvalue weighted by Crippen LogP contribution is -2.65. The van der Waals surface area contributed by atoms with Gasteiger partial charge in [0.05, 0.1) is 36.8 Å². The summed E-state index contributed by atoms with van der Waals surface area (Å²) in [5.74, 6) is 3.33. The average molecular weight is 1050 g/mol. The number of Topliss-reactive ketones (excluding diaryl/α,β-unsaturated/α-hetero) is 1. The van der Waals surface area contributed by atoms with Crippen LogP contribution in [0.25, 0.3) is 0 Å². The first-order valence-corrected chi connectivity index (χ1v) is 29.2. The summed E-state index contributed by atoms with van der Waals surface area (Å²) in [7, 11) is 0. The predicted molar refractivity (Wildman–Crippen MR) is 292 cm³/mol. The number of aliphatic hydroxyl groups excluding tert-OH is 2. The Morgan fingerprint density at radius 1 is 0.857 bits per heavy atom. The van der Waals surface area contributed by atoms with Crippen LogP contribution in [-0.4, -0.2) is 85.9 Å². The van der Waals surface area contributed by atoms with Crippen molar-refractivity contribution in [2.45, 2.75) is 196 Å². The van der Waals surface area contributed by atoms with Crippen LogP contribution < -0.4 is 10.1 Å². The van der Waals surface area contributed by atoms with Crippen molar-refractivity contribution in [3.05, 3.63) is 111 Å². The molecule has 12 nitrogen and oxygen atoms in total. The smallest absolute Gasteiger partial charge is 0.334 e. The number of ether oxygens (including phenoxy) is 3. The van der Waals surface area contributed by atoms with E-state index >= 15 is 4.79 Å². The van der Waals surface area contributed by atoms with Gasteiger partial charge in [0.2, 0.25) is 0 Å². The number of aliphatic hydroxyl groups is 4. The Kier molecular flexibility index (Phi) is 15.9. The van der Waals surface area contributed by atoms with Crippen molar-refractivity contribution in [2.24, 2.45) is 29.6 Å². The van der Waals surface area contributed by atoms with Crippen molar-refractivity contribution in [3.63, 3.8) is 0 Å². The van der Waals surface area contributed by atoms with Gasteiger partial charge in [0.15, 0.2) is 0 Å². The number of esters is 2. The summed E-state index contributed by atoms with van der Waals surface area (Å²) in [5.41, 5.74) is 2.76. The number of phenols is 1. The van der Waals surface area contributed by atoms with Gasteiger partial charge in [-0.25, -0.2) is 4.79 Å². The number of carbonyl (C=O) groups excluding carboxylic acids is 3. The molecule has 10 bridgehead atoms. The van der Waals surface area contributed by atoms with Crippen molar-refractivity contribution in [3.8, 4) is 23.3 Å². The van der Waals surface area contributed by atoms with E-state index in [1.54, 1.807) is 13.0 Å². The monoisotopic (exact) mass is 1050 g/mol. The van der Waals surface area contributed by atoms with Crippen LogP contribution >= 0.6 is 0 Å². The van der Waals surface area contributed by atoms with Crippen LogP contribution in [0, 0.1) is 41.4 Å². The van der Waals surface area contributed by atoms with Gasteiger partial charge in [-0.2, -0.15) is 0 Å². The zero-order valence-corrected chi connectivity index (χ0v) is 44.9. The molecule has 3 aromatic rings. The number of rotatable bonds is 10. The van der Waals surface area contributed by atoms with Gasteiger partial charge >= 0.3 is 11.9 Å². The first kappa shape index (κ1) is 53.7. The van der Waals surface area contributed by atoms with Gasteiger partial charge in [-0.1, -0.05) is 92.8 Å². The molecule has 12 heteroatoms. The van der Waals surface area contributed by atoms with Gasteiger partial charge in [-0.15, -0.1) is 0 Å². The molecule has 3 heterocycles. The molecule has 11 atom stereocenters. The number of nitrogens with one attached hydrogen (secondary N) is 1. The number of carbonyl (C=O) groups is 3. The minimum Gasteiger partial charge on any atom is -0.507 e. The molecule has 3 aliphatic heterocycles. The lowest BCUT2D eigenvalue weighted by atomic mass is 9.49. The van der Waals surface area contributed by atoms with Crippen molar-refractivity contribution < 1.29 is 54.1 Å². The maximum Gasteiger partial charge on any atom is 0.334 e. The first-order chi connectivity index (χ1) is 37.2. The second-order valence-corrected chi connectivity index (χ2v) is 24.5. The largest absolute Gasteiger partial charge is 0.507 e. The lowest BCUT2D eigenvalue weighted by Gasteiger charge is -2.58. The minimum absolute atomic E-state index is 0.0217. The highest BCUT2D eigenvalue weighted by Gasteiger charge is 2.62. The zero-order chi connectivity index (χ0) is 53.4. The SMILES string of the molecule is CC(O)(CCOC1CCCCC1)CNc1cc(CO)cc(C2C#CC3CC(=O)Oc4c3cc(c(O)c4C3CCCCC3)CC3OC(=O)C(=CC(O)Cc4cccc(c4)CC4C(=O)CCC5C4CC4C=CCCC4C35O)C2)c1. The fourth-order valence-corrected chi connectivity index (χ4v) is 15.2. The summed E-state index contributed by atoms with van der Waals surface area (Å²) in [6, 6.07) is 15.4. The van der Waals surface area contributed by atoms with Gasteiger partial charge in [-0.05, 0) is 153 Å². The van der Waals surface area contributed by atoms with E-state index in [0.717, 1.165) is 75.3 Å². The molecule has 6 N–H and O–H groups in total. The maximum absolute atomic E-state index is 15.7. The van der Waals surface area contributed by atoms with Crippen LogP contribution in [0.2, 0.25) is 0 Å². The molecular formula is C65H79NO11. The van der Waals surface area contributed by atoms with E-state index in [2.05, 4.69) is 29.3 Å². The van der Waals surface area contributed by atoms with Gasteiger partial charge < -0.3 is 45.1 Å². The Labute approximate surface area is 454 Å². The molecule has 4 fully saturated rings. The molecule has 0 aromatic heterocycles. The molecule has 11 rings (SSSR count). The fraction of sp³-hybridized carbons (Fsp3) is 0.585. The number of benzene rings is 3. The van der Waals surface area contributed by atoms with Gasteiger partial charge in [0.1, 0.15) is 29.0 Å². The van der Waals surface area contributed by atoms with Crippen LogP contribution in [0.3, 0.4) is 0 Å². The van der Waals surface area contributed by atoms with Crippen LogP contribution in [0.5, 0.6) is 11.5 Å². The molecule has 0 spiro atoms. The number of fused-ring (bicyclic) bond motifs is 9. The van der Waals surface area contributed by atoms with E-state index < -0.39 is 53.1 Å². The standard InChI is InChI=1S/C65H79NO11/c1-64(73,23-24-75-51-16-6-3-7-17-51)38-66-49-27-41(37-67)26-46(31-49)43-19-20-44-36-59(70)77-62-52(44)34-47(61(71)60(62)42-13-4-2-5-14-42)35-58-65(74)55-18-9-8-15-45(55)33-53-54(57(69)22-21-56(53)65)29-40-12-10-11-39(25-40)28-50(68)32-48(30-43)63(72)76-58/h8,10-12,15,25-27,31-32,34,42-45,50-51,53-56,58,66-68,71,73-74H,2-7,9,13-14,16-18,21-24,28-30,33,35-38H2,1H3. The number of hydrogen-bond acceptors (Lipinski definition) is 12. The number of anilines is 1. The summed E-state index contributed by atoms with van der Waals surface area (Å²) in [6.07, 6.45) is 17.7. The third-order valence-electron chi connectivity index (χ3n) is 19.2. The summed E-state index contributed by atoms with van der Waals surface area (Å²) in [5, 5.41) is 65.0. The second kappa shape index (κ2) is 22.8. The number of phenolic OH excluding ortho intramolecular Hbond substituents is 1. The van der Waals surface area contributed by atoms with Crippen molar-refractivity contribution in [1.82, 2.24) is 0 Å². The summed E-state index contributed by atoms with van der Waals surface area (Å²) < 4.78 is 19.4. The van der Waals surface area contributed by atoms with Gasteiger partial charge in [0.25, 0.3) is 0 Å². The van der Waals surface area contributed by atoms with Crippen LogP contribution in [0.1, 0.15) is 179 Å². The van der Waals surface area contributed by atoms with Gasteiger partial charge in [0, 0.05) is 73.1 Å². The fourth-order valence-electron chi connectivity index (χ4n) is 15.2. The quantitative estimate of drug-likeness (QED) is 0.0488. The Morgan fingerprint density at radius 3 is 2.42 bits per heavy atom. The number of aromatic hydroxyl groups is 1. The third kappa shape index (κ3) is 11.5. The van der Waals surface area contributed by atoms with Crippen LogP contribution in [0.4, 0.5) is 5.69 Å². The van der Waals surface area contributed by atoms with E-state index in [1.807, 2.05) is 48.5 Å². The van der Waals surface area contributed by atoms with E-state index in [-0.39, 0.29) is 98.1 Å². The number of ketones is 1. The molecule has 77 heavy (non-hydrogen) atoms. The average Bonchev–Trinajstić information content (AvgIpc) is 3.44. The molecule has 3 aromatic carbocycles. The Bertz CT molecular complexity index is 2830. The molecular weight excluding hydrogens is 971 g/mol. The van der Waals surface area contributed by atoms with E-state index in [0.29, 0.717) is 78.0 Å². The third-order valence-corrected chi connectivity index (χ3v) is 19.2. The van der Waals surface area contributed by atoms with E-state index in [1.165, 1.54) is 6.42 Å². The van der Waals surface area contributed by atoms with Crippen molar-refractivity contribution in [1.29, 1.82) is 0 Å². The van der Waals surface area contributed by atoms with Crippen LogP contribution in [0.15, 0.2) is 72.3 Å². The van der Waals surface area contributed by atoms with Gasteiger partial charge in [-0.3, -0.25) is 9.59 Å². The zero-order valence-electron chi connectivity index (χ0n) is 44.9. The topological polar surface area (TPSA) is 192 Å².